The van der Waals surface area contributed by atoms with Crippen LogP contribution in [0.2, 0.25) is 5.02 Å². The summed E-state index contributed by atoms with van der Waals surface area (Å²) in [7, 11) is -3.93. The summed E-state index contributed by atoms with van der Waals surface area (Å²) < 4.78 is 41.2. The Balaban J connectivity index is 2.09. The fourth-order valence-corrected chi connectivity index (χ4v) is 5.09. The van der Waals surface area contributed by atoms with Gasteiger partial charge in [-0.1, -0.05) is 66.2 Å². The summed E-state index contributed by atoms with van der Waals surface area (Å²) in [6.45, 7) is 4.60. The van der Waals surface area contributed by atoms with Crippen LogP contribution >= 0.6 is 11.6 Å². The number of benzene rings is 3. The molecule has 2 amide bonds. The molecule has 3 rings (SSSR count). The summed E-state index contributed by atoms with van der Waals surface area (Å²) in [5.74, 6) is -1.65. The van der Waals surface area contributed by atoms with Crippen molar-refractivity contribution >= 4 is 39.1 Å². The Hall–Kier alpha value is -3.43. The van der Waals surface area contributed by atoms with Gasteiger partial charge in [0, 0.05) is 29.1 Å². The number of nitrogens with zero attached hydrogens (tertiary/aromatic N) is 2. The van der Waals surface area contributed by atoms with Gasteiger partial charge in [0.1, 0.15) is 18.4 Å². The van der Waals surface area contributed by atoms with E-state index in [2.05, 4.69) is 5.32 Å². The van der Waals surface area contributed by atoms with E-state index in [0.29, 0.717) is 5.02 Å². The van der Waals surface area contributed by atoms with Gasteiger partial charge in [-0.2, -0.15) is 0 Å². The van der Waals surface area contributed by atoms with E-state index in [1.165, 1.54) is 35.2 Å². The predicted octanol–water partition coefficient (Wildman–Crippen LogP) is 4.80. The molecule has 0 aliphatic carbocycles. The lowest BCUT2D eigenvalue weighted by Crippen LogP contribution is -2.56. The van der Waals surface area contributed by atoms with Crippen LogP contribution in [0.4, 0.5) is 10.1 Å². The second-order valence-corrected chi connectivity index (χ2v) is 12.7. The molecule has 0 saturated heterocycles. The van der Waals surface area contributed by atoms with Gasteiger partial charge in [-0.25, -0.2) is 12.8 Å². The summed E-state index contributed by atoms with van der Waals surface area (Å²) in [4.78, 5) is 28.8. The van der Waals surface area contributed by atoms with Crippen molar-refractivity contribution in [2.24, 2.45) is 0 Å². The maximum atomic E-state index is 14.8. The molecule has 0 aliphatic rings. The normalized spacial score (nSPS) is 12.5. The Morgan fingerprint density at radius 1 is 0.974 bits per heavy atom. The molecule has 0 aromatic heterocycles. The minimum atomic E-state index is -3.93. The Morgan fingerprint density at radius 2 is 1.62 bits per heavy atom. The third-order valence-corrected chi connectivity index (χ3v) is 7.22. The van der Waals surface area contributed by atoms with Crippen LogP contribution in [0.1, 0.15) is 31.9 Å². The van der Waals surface area contributed by atoms with Crippen LogP contribution < -0.4 is 9.62 Å². The molecule has 0 spiro atoms. The van der Waals surface area contributed by atoms with Crippen LogP contribution in [0.25, 0.3) is 0 Å². The van der Waals surface area contributed by atoms with Gasteiger partial charge in [0.15, 0.2) is 0 Å². The lowest BCUT2D eigenvalue weighted by Gasteiger charge is -2.35. The number of rotatable bonds is 10. The maximum absolute atomic E-state index is 14.8. The first kappa shape index (κ1) is 30.1. The largest absolute Gasteiger partial charge is 0.350 e. The number of hydrogen-bond acceptors (Lipinski definition) is 4. The molecule has 7 nitrogen and oxygen atoms in total. The molecule has 0 aliphatic heterocycles. The van der Waals surface area contributed by atoms with Gasteiger partial charge < -0.3 is 10.2 Å². The molecule has 39 heavy (non-hydrogen) atoms. The standard InChI is InChI=1S/C29H33ClFN3O4S/c1-29(2,3)32-28(36)26(17-21-11-6-5-7-12-21)33(19-22-13-8-9-16-25(22)31)27(35)20-34(39(4,37)38)24-15-10-14-23(30)18-24/h5-16,18,26H,17,19-20H2,1-4H3,(H,32,36)/t26-/m1/s1. The van der Waals surface area contributed by atoms with E-state index in [-0.39, 0.29) is 24.2 Å². The minimum absolute atomic E-state index is 0.138. The first-order valence-corrected chi connectivity index (χ1v) is 14.6. The van der Waals surface area contributed by atoms with E-state index in [9.17, 15) is 22.4 Å². The van der Waals surface area contributed by atoms with Crippen LogP contribution in [0.5, 0.6) is 0 Å². The van der Waals surface area contributed by atoms with E-state index < -0.39 is 45.8 Å². The lowest BCUT2D eigenvalue weighted by molar-refractivity contribution is -0.140. The summed E-state index contributed by atoms with van der Waals surface area (Å²) in [6.07, 6.45) is 1.12. The summed E-state index contributed by atoms with van der Waals surface area (Å²) in [5.41, 5.74) is 0.565. The number of anilines is 1. The van der Waals surface area contributed by atoms with E-state index in [0.717, 1.165) is 16.1 Å². The molecular formula is C29H33ClFN3O4S. The van der Waals surface area contributed by atoms with Crippen molar-refractivity contribution in [1.82, 2.24) is 10.2 Å². The molecule has 0 saturated carbocycles. The van der Waals surface area contributed by atoms with Gasteiger partial charge in [-0.05, 0) is 50.6 Å². The molecule has 1 atom stereocenters. The van der Waals surface area contributed by atoms with Crippen molar-refractivity contribution < 1.29 is 22.4 Å². The van der Waals surface area contributed by atoms with E-state index >= 15 is 0 Å². The smallest absolute Gasteiger partial charge is 0.244 e. The van der Waals surface area contributed by atoms with Crippen molar-refractivity contribution in [2.45, 2.75) is 45.3 Å². The van der Waals surface area contributed by atoms with Gasteiger partial charge in [0.2, 0.25) is 21.8 Å². The van der Waals surface area contributed by atoms with Gasteiger partial charge in [0.25, 0.3) is 0 Å². The fourth-order valence-electron chi connectivity index (χ4n) is 4.06. The van der Waals surface area contributed by atoms with E-state index in [1.807, 2.05) is 51.1 Å². The number of amides is 2. The molecule has 3 aromatic carbocycles. The Bertz CT molecular complexity index is 1410. The molecule has 0 unspecified atom stereocenters. The topological polar surface area (TPSA) is 86.8 Å². The van der Waals surface area contributed by atoms with E-state index in [1.54, 1.807) is 18.2 Å². The van der Waals surface area contributed by atoms with Crippen LogP contribution in [0.3, 0.4) is 0 Å². The van der Waals surface area contributed by atoms with Crippen molar-refractivity contribution in [1.29, 1.82) is 0 Å². The minimum Gasteiger partial charge on any atom is -0.350 e. The summed E-state index contributed by atoms with van der Waals surface area (Å²) in [5, 5.41) is 3.22. The number of hydrogen-bond donors (Lipinski definition) is 1. The van der Waals surface area contributed by atoms with Crippen molar-refractivity contribution in [2.75, 3.05) is 17.1 Å². The molecule has 208 valence electrons. The van der Waals surface area contributed by atoms with Crippen LogP contribution in [-0.2, 0) is 32.6 Å². The first-order chi connectivity index (χ1) is 18.2. The van der Waals surface area contributed by atoms with Gasteiger partial charge in [-0.15, -0.1) is 0 Å². The number of sulfonamides is 1. The SMILES string of the molecule is CC(C)(C)NC(=O)[C@@H](Cc1ccccc1)N(Cc1ccccc1F)C(=O)CN(c1cccc(Cl)c1)S(C)(=O)=O. The molecule has 0 heterocycles. The van der Waals surface area contributed by atoms with Crippen molar-refractivity contribution in [3.63, 3.8) is 0 Å². The number of halogens is 2. The second-order valence-electron chi connectivity index (χ2n) is 10.3. The molecule has 1 N–H and O–H groups in total. The monoisotopic (exact) mass is 573 g/mol. The zero-order chi connectivity index (χ0) is 28.8. The molecular weight excluding hydrogens is 541 g/mol. The Labute approximate surface area is 234 Å². The highest BCUT2D eigenvalue weighted by Crippen LogP contribution is 2.24. The van der Waals surface area contributed by atoms with Crippen molar-refractivity contribution in [3.8, 4) is 0 Å². The van der Waals surface area contributed by atoms with Crippen LogP contribution in [0, 0.1) is 5.82 Å². The molecule has 0 radical (unpaired) electrons. The predicted molar refractivity (Wildman–Crippen MR) is 152 cm³/mol. The number of carbonyl (C=O) groups is 2. The molecule has 3 aromatic rings. The molecule has 10 heteroatoms. The van der Waals surface area contributed by atoms with Gasteiger partial charge >= 0.3 is 0 Å². The first-order valence-electron chi connectivity index (χ1n) is 12.4. The fraction of sp³-hybridized carbons (Fsp3) is 0.310. The van der Waals surface area contributed by atoms with Crippen molar-refractivity contribution in [3.05, 3.63) is 101 Å². The quantitative estimate of drug-likeness (QED) is 0.377. The highest BCUT2D eigenvalue weighted by Gasteiger charge is 2.34. The average Bonchev–Trinajstić information content (AvgIpc) is 2.84. The highest BCUT2D eigenvalue weighted by molar-refractivity contribution is 7.92. The summed E-state index contributed by atoms with van der Waals surface area (Å²) in [6, 6.07) is 20.2. The second kappa shape index (κ2) is 12.6. The van der Waals surface area contributed by atoms with Crippen LogP contribution in [0.15, 0.2) is 78.9 Å². The highest BCUT2D eigenvalue weighted by atomic mass is 35.5. The third-order valence-electron chi connectivity index (χ3n) is 5.84. The zero-order valence-corrected chi connectivity index (χ0v) is 24.0. The average molecular weight is 574 g/mol. The zero-order valence-electron chi connectivity index (χ0n) is 22.4. The number of nitrogens with one attached hydrogen (secondary N) is 1. The molecule has 0 fully saturated rings. The van der Waals surface area contributed by atoms with E-state index in [4.69, 9.17) is 11.6 Å². The third kappa shape index (κ3) is 8.80. The van der Waals surface area contributed by atoms with Crippen LogP contribution in [-0.4, -0.2) is 49.5 Å². The lowest BCUT2D eigenvalue weighted by atomic mass is 10.0. The van der Waals surface area contributed by atoms with Gasteiger partial charge in [-0.3, -0.25) is 13.9 Å². The summed E-state index contributed by atoms with van der Waals surface area (Å²) >= 11 is 6.10. The Morgan fingerprint density at radius 3 is 2.21 bits per heavy atom. The maximum Gasteiger partial charge on any atom is 0.244 e. The van der Waals surface area contributed by atoms with Gasteiger partial charge in [0.05, 0.1) is 11.9 Å². The Kier molecular flexibility index (Phi) is 9.74. The number of carbonyl (C=O) groups excluding carboxylic acids is 2. The molecule has 0 bridgehead atoms.